The van der Waals surface area contributed by atoms with Crippen LogP contribution >= 0.6 is 11.3 Å². The first-order chi connectivity index (χ1) is 52.7. The van der Waals surface area contributed by atoms with E-state index < -0.39 is 125 Å². The Morgan fingerprint density at radius 3 is 2.19 bits per heavy atom. The maximum absolute atomic E-state index is 14.5. The molecule has 4 bridgehead atoms. The van der Waals surface area contributed by atoms with Crippen molar-refractivity contribution in [2.45, 2.75) is 168 Å². The highest BCUT2D eigenvalue weighted by Gasteiger charge is 2.66. The van der Waals surface area contributed by atoms with Gasteiger partial charge in [-0.15, -0.1) is 0 Å². The van der Waals surface area contributed by atoms with E-state index in [1.165, 1.54) is 47.8 Å². The Kier molecular flexibility index (Phi) is 25.1. The molecule has 2 aliphatic heterocycles. The lowest BCUT2D eigenvalue weighted by Crippen LogP contribution is -2.64. The molecule has 4 aliphatic carbocycles. The number of carbonyl (C=O) groups excluding carboxylic acids is 9. The van der Waals surface area contributed by atoms with Gasteiger partial charge in [0, 0.05) is 92.5 Å². The molecule has 6 aromatic rings. The fourth-order valence-electron chi connectivity index (χ4n) is 17.4. The Bertz CT molecular complexity index is 4660. The maximum atomic E-state index is 14.5. The van der Waals surface area contributed by atoms with Gasteiger partial charge in [-0.1, -0.05) is 81.9 Å². The summed E-state index contributed by atoms with van der Waals surface area (Å²) in [4.78, 5) is 157. The number of para-hydroxylation sites is 1. The smallest absolute Gasteiger partial charge is 0.408 e. The lowest BCUT2D eigenvalue weighted by molar-refractivity contribution is -0.248. The number of rotatable bonds is 36. The third kappa shape index (κ3) is 20.5. The van der Waals surface area contributed by atoms with Crippen LogP contribution < -0.4 is 42.5 Å². The van der Waals surface area contributed by atoms with Crippen molar-refractivity contribution in [3.8, 4) is 11.1 Å². The zero-order valence-electron chi connectivity index (χ0n) is 62.5. The molecule has 12 rings (SSSR count). The number of ether oxygens (including phenoxy) is 2. The van der Waals surface area contributed by atoms with Gasteiger partial charge < -0.3 is 61.8 Å². The molecule has 4 saturated carbocycles. The minimum atomic E-state index is -4.68. The molecule has 3 aromatic carbocycles. The number of urea groups is 1. The number of amides is 10. The van der Waals surface area contributed by atoms with Gasteiger partial charge in [-0.2, -0.15) is 13.5 Å². The van der Waals surface area contributed by atoms with Gasteiger partial charge in [0.05, 0.1) is 40.8 Å². The first-order valence-corrected chi connectivity index (χ1v) is 39.5. The number of benzene rings is 3. The summed E-state index contributed by atoms with van der Waals surface area (Å²) in [7, 11) is -4.68. The molecule has 5 heterocycles. The molecule has 111 heavy (non-hydrogen) atoms. The van der Waals surface area contributed by atoms with Gasteiger partial charge in [-0.3, -0.25) is 57.8 Å². The molecule has 32 nitrogen and oxygen atoms in total. The summed E-state index contributed by atoms with van der Waals surface area (Å²) in [5.74, 6) is -7.43. The van der Waals surface area contributed by atoms with E-state index in [1.54, 1.807) is 38.2 Å². The second-order valence-corrected chi connectivity index (χ2v) is 33.5. The highest BCUT2D eigenvalue weighted by Crippen LogP contribution is 2.72. The van der Waals surface area contributed by atoms with Crippen LogP contribution in [0.2, 0.25) is 0 Å². The number of carbonyl (C=O) groups is 11. The molecule has 34 heteroatoms. The highest BCUT2D eigenvalue weighted by molar-refractivity contribution is 7.85. The maximum Gasteiger partial charge on any atom is 0.408 e. The lowest BCUT2D eigenvalue weighted by Gasteiger charge is -2.69. The third-order valence-electron chi connectivity index (χ3n) is 21.3. The van der Waals surface area contributed by atoms with E-state index in [4.69, 9.17) is 25.3 Å². The van der Waals surface area contributed by atoms with E-state index in [0.29, 0.717) is 97.8 Å². The quantitative estimate of drug-likeness (QED) is 0.0103. The number of primary amides is 1. The predicted octanol–water partition coefficient (Wildman–Crippen LogP) is 7.50. The Labute approximate surface area is 645 Å². The van der Waals surface area contributed by atoms with Crippen LogP contribution in [0.1, 0.15) is 154 Å². The zero-order valence-corrected chi connectivity index (χ0v) is 64.1. The Morgan fingerprint density at radius 1 is 0.775 bits per heavy atom. The number of aliphatic carboxylic acids is 1. The highest BCUT2D eigenvalue weighted by atomic mass is 32.2. The van der Waals surface area contributed by atoms with Gasteiger partial charge in [0.25, 0.3) is 27.8 Å². The standard InChI is InChI=1S/C77H94N14O18S2/c1-46(2)64(86-60(92)18-7-6-10-29-90-61(93)25-26-62(90)94)68(99)82-56(16-12-28-79-71(78)103)67(98)81-50-21-19-48(20-22-50)38-108-73(104)84-57(35-63(95)96)69(100)88(32-34-111(105,106)107)31-33-109-77-42-74(4)39-75(5,43-77)41-76(40-74,44-77)45-91-47(3)53(36-80-91)51-23-24-59(85-65(51)70(101)102)89-30-27-49-13-11-14-52(54(49)37-89)66(97)87-72-83-55-15-8-9-17-58(55)110-72/h8-9,11,13-15,17,19-26,36,46,56-57,64H,6-7,10,12,16,18,27-35,37-45H2,1-5H3,(H,81,98)(H,82,99)(H,84,104)(H,86,92)(H,95,96)(H,101,102)(H3,78,79,103)(H,83,87,97)(H,105,106,107)/t56-,57+,64-,74?,75?,76?,77?/m0/s1. The Hall–Kier alpha value is -10.7. The van der Waals surface area contributed by atoms with Crippen LogP contribution in [0.4, 0.5) is 26.2 Å². The summed E-state index contributed by atoms with van der Waals surface area (Å²) in [5, 5.41) is 42.1. The number of carboxylic acid groups (broad SMARTS) is 2. The number of hydrogen-bond donors (Lipinski definition) is 10. The van der Waals surface area contributed by atoms with E-state index in [-0.39, 0.29) is 79.0 Å². The Morgan fingerprint density at radius 2 is 1.50 bits per heavy atom. The predicted molar refractivity (Wildman–Crippen MR) is 408 cm³/mol. The third-order valence-corrected chi connectivity index (χ3v) is 22.9. The molecule has 0 radical (unpaired) electrons. The molecule has 6 aliphatic rings. The average Bonchev–Trinajstić information content (AvgIpc) is 0.974. The number of thiazole rings is 1. The minimum absolute atomic E-state index is 0.0300. The van der Waals surface area contributed by atoms with Gasteiger partial charge in [0.1, 0.15) is 30.6 Å². The summed E-state index contributed by atoms with van der Waals surface area (Å²) in [6, 6.07) is 17.9. The topological polar surface area (TPSA) is 453 Å². The number of nitrogens with zero attached hydrogens (tertiary/aromatic N) is 7. The second-order valence-electron chi connectivity index (χ2n) is 30.9. The number of hydrogen-bond acceptors (Lipinski definition) is 20. The van der Waals surface area contributed by atoms with Crippen molar-refractivity contribution >= 4 is 114 Å². The second kappa shape index (κ2) is 34.3. The molecule has 0 saturated heterocycles. The minimum Gasteiger partial charge on any atom is -0.481 e. The fourth-order valence-corrected chi connectivity index (χ4v) is 18.7. The van der Waals surface area contributed by atoms with Gasteiger partial charge in [-0.25, -0.2) is 24.4 Å². The molecule has 10 amide bonds. The van der Waals surface area contributed by atoms with Crippen LogP contribution in [0.5, 0.6) is 0 Å². The van der Waals surface area contributed by atoms with Crippen LogP contribution in [-0.4, -0.2) is 187 Å². The first kappa shape index (κ1) is 81.3. The van der Waals surface area contributed by atoms with Crippen LogP contribution in [0.15, 0.2) is 97.2 Å². The number of aromatic nitrogens is 4. The summed E-state index contributed by atoms with van der Waals surface area (Å²) in [6.45, 7) is 9.95. The fraction of sp³-hybridized carbons (Fsp3) is 0.481. The number of unbranched alkanes of at least 4 members (excludes halogenated alkanes) is 2. The van der Waals surface area contributed by atoms with Gasteiger partial charge in [0.2, 0.25) is 23.6 Å². The molecule has 2 unspecified atom stereocenters. The summed E-state index contributed by atoms with van der Waals surface area (Å²) < 4.78 is 49.6. The van der Waals surface area contributed by atoms with Crippen molar-refractivity contribution < 1.29 is 85.4 Å². The number of pyridine rings is 1. The molecular formula is C77H94N14O18S2. The zero-order chi connectivity index (χ0) is 79.7. The first-order valence-electron chi connectivity index (χ1n) is 37.1. The number of nitrogens with one attached hydrogen (secondary N) is 6. The number of anilines is 3. The molecule has 4 fully saturated rings. The largest absolute Gasteiger partial charge is 0.481 e. The van der Waals surface area contributed by atoms with Crippen LogP contribution in [0, 0.1) is 29.1 Å². The van der Waals surface area contributed by atoms with E-state index in [1.807, 2.05) is 52.9 Å². The van der Waals surface area contributed by atoms with Gasteiger partial charge in [-0.05, 0) is 159 Å². The number of aromatic carboxylic acids is 1. The van der Waals surface area contributed by atoms with E-state index in [0.717, 1.165) is 56.1 Å². The number of alkyl carbamates (subject to hydrolysis) is 1. The summed E-state index contributed by atoms with van der Waals surface area (Å²) >= 11 is 1.38. The van der Waals surface area contributed by atoms with E-state index in [9.17, 15) is 75.9 Å². The molecule has 5 atom stereocenters. The van der Waals surface area contributed by atoms with Crippen molar-refractivity contribution in [2.24, 2.45) is 27.9 Å². The number of imide groups is 1. The number of nitrogens with two attached hydrogens (primary N) is 1. The lowest BCUT2D eigenvalue weighted by atomic mass is 9.39. The average molecular weight is 1570 g/mol. The van der Waals surface area contributed by atoms with Crippen molar-refractivity contribution in [3.05, 3.63) is 131 Å². The molecule has 592 valence electrons. The normalized spacial score (nSPS) is 20.5. The van der Waals surface area contributed by atoms with Crippen molar-refractivity contribution in [1.82, 2.24) is 50.8 Å². The SMILES string of the molecule is Cc1c(-c2ccc(N3CCc4cccc(C(=O)Nc5nc6ccccc6s5)c4C3)nc2C(=O)O)cnn1CC12CC3(C)CC(C)(C1)CC(OCCN(CCS(=O)(=O)O)C(=O)[C@@H](CC(=O)O)NC(=O)OCc1ccc(NC(=O)[C@H](CCCNC(N)=O)NC(=O)[C@@H](NC(=O)CCCCCN4C(=O)C=CC4=O)C(C)C)cc1)(C3)C2. The van der Waals surface area contributed by atoms with Crippen LogP contribution in [0.3, 0.4) is 0 Å². The van der Waals surface area contributed by atoms with E-state index >= 15 is 0 Å². The van der Waals surface area contributed by atoms with Crippen molar-refractivity contribution in [1.29, 1.82) is 0 Å². The van der Waals surface area contributed by atoms with Gasteiger partial charge >= 0.3 is 24.1 Å². The van der Waals surface area contributed by atoms with Crippen molar-refractivity contribution in [2.75, 3.05) is 60.6 Å². The monoisotopic (exact) mass is 1570 g/mol. The number of carboxylic acids is 2. The summed E-state index contributed by atoms with van der Waals surface area (Å²) in [5.41, 5.74) is 8.95. The van der Waals surface area contributed by atoms with Crippen LogP contribution in [-0.2, 0) is 79.3 Å². The molecule has 11 N–H and O–H groups in total. The van der Waals surface area contributed by atoms with E-state index in [2.05, 4.69) is 50.7 Å². The molecule has 3 aromatic heterocycles. The summed E-state index contributed by atoms with van der Waals surface area (Å²) in [6.07, 6.45) is 8.67. The van der Waals surface area contributed by atoms with Gasteiger partial charge in [0.15, 0.2) is 10.8 Å². The molecule has 0 spiro atoms. The Balaban J connectivity index is 0.698. The van der Waals surface area contributed by atoms with Crippen molar-refractivity contribution in [3.63, 3.8) is 0 Å². The van der Waals surface area contributed by atoms with Crippen LogP contribution in [0.25, 0.3) is 21.3 Å². The number of fused-ring (bicyclic) bond motifs is 2. The molecular weight excluding hydrogens is 1470 g/mol.